The van der Waals surface area contributed by atoms with Gasteiger partial charge in [-0.3, -0.25) is 4.79 Å². The summed E-state index contributed by atoms with van der Waals surface area (Å²) in [5.74, 6) is 1.99. The molecule has 2 saturated heterocycles. The fraction of sp³-hybridized carbons (Fsp3) is 0.600. The van der Waals surface area contributed by atoms with Crippen LogP contribution in [0.15, 0.2) is 24.4 Å². The highest BCUT2D eigenvalue weighted by Crippen LogP contribution is 2.46. The van der Waals surface area contributed by atoms with Crippen molar-refractivity contribution in [2.75, 3.05) is 18.8 Å². The predicted octanol–water partition coefficient (Wildman–Crippen LogP) is 2.35. The minimum atomic E-state index is 0.221. The number of ether oxygens (including phenoxy) is 1. The SMILES string of the molecule is CCCC(=O)N1CC2(CC(Oc3ccccn3)CS2)C1. The Hall–Kier alpha value is -1.23. The Morgan fingerprint density at radius 3 is 3.10 bits per heavy atom. The van der Waals surface area contributed by atoms with Gasteiger partial charge in [0.05, 0.1) is 4.75 Å². The van der Waals surface area contributed by atoms with Crippen LogP contribution in [0, 0.1) is 0 Å². The fourth-order valence-corrected chi connectivity index (χ4v) is 4.41. The van der Waals surface area contributed by atoms with E-state index in [1.807, 2.05) is 34.9 Å². The molecule has 0 aromatic carbocycles. The first-order valence-corrected chi connectivity index (χ1v) is 8.19. The Bertz CT molecular complexity index is 474. The number of hydrogen-bond donors (Lipinski definition) is 0. The lowest BCUT2D eigenvalue weighted by atomic mass is 9.92. The summed E-state index contributed by atoms with van der Waals surface area (Å²) in [5, 5.41) is 0. The number of nitrogens with zero attached hydrogens (tertiary/aromatic N) is 2. The van der Waals surface area contributed by atoms with Crippen molar-refractivity contribution in [3.05, 3.63) is 24.4 Å². The molecule has 2 fully saturated rings. The molecule has 1 amide bonds. The van der Waals surface area contributed by atoms with Crippen molar-refractivity contribution < 1.29 is 9.53 Å². The van der Waals surface area contributed by atoms with E-state index in [4.69, 9.17) is 4.74 Å². The van der Waals surface area contributed by atoms with E-state index in [1.54, 1.807) is 6.20 Å². The molecule has 2 aliphatic rings. The van der Waals surface area contributed by atoms with Gasteiger partial charge in [0.25, 0.3) is 0 Å². The van der Waals surface area contributed by atoms with Gasteiger partial charge in [-0.05, 0) is 12.5 Å². The van der Waals surface area contributed by atoms with Gasteiger partial charge < -0.3 is 9.64 Å². The van der Waals surface area contributed by atoms with Crippen molar-refractivity contribution in [3.63, 3.8) is 0 Å². The molecule has 1 aromatic heterocycles. The maximum absolute atomic E-state index is 11.8. The molecular weight excluding hydrogens is 272 g/mol. The van der Waals surface area contributed by atoms with Crippen LogP contribution in [0.25, 0.3) is 0 Å². The van der Waals surface area contributed by atoms with Gasteiger partial charge in [0, 0.05) is 43.9 Å². The quantitative estimate of drug-likeness (QED) is 0.854. The summed E-state index contributed by atoms with van der Waals surface area (Å²) >= 11 is 1.95. The lowest BCUT2D eigenvalue weighted by Gasteiger charge is -2.47. The fourth-order valence-electron chi connectivity index (χ4n) is 2.88. The number of thioether (sulfide) groups is 1. The Kier molecular flexibility index (Phi) is 3.87. The zero-order valence-corrected chi connectivity index (χ0v) is 12.6. The molecule has 0 radical (unpaired) electrons. The molecule has 1 spiro atoms. The van der Waals surface area contributed by atoms with Crippen molar-refractivity contribution in [3.8, 4) is 5.88 Å². The number of pyridine rings is 1. The highest BCUT2D eigenvalue weighted by molar-refractivity contribution is 8.01. The number of amides is 1. The number of likely N-dealkylation sites (tertiary alicyclic amines) is 1. The van der Waals surface area contributed by atoms with E-state index >= 15 is 0 Å². The molecule has 4 nitrogen and oxygen atoms in total. The summed E-state index contributed by atoms with van der Waals surface area (Å²) in [6.45, 7) is 3.83. The van der Waals surface area contributed by atoms with E-state index in [2.05, 4.69) is 11.9 Å². The summed E-state index contributed by atoms with van der Waals surface area (Å²) in [7, 11) is 0. The van der Waals surface area contributed by atoms with Gasteiger partial charge in [-0.25, -0.2) is 4.98 Å². The zero-order valence-electron chi connectivity index (χ0n) is 11.7. The van der Waals surface area contributed by atoms with Crippen LogP contribution in [0.3, 0.4) is 0 Å². The molecule has 0 aliphatic carbocycles. The van der Waals surface area contributed by atoms with E-state index in [1.165, 1.54) is 0 Å². The number of aromatic nitrogens is 1. The molecule has 1 aromatic rings. The first-order chi connectivity index (χ1) is 9.71. The summed E-state index contributed by atoms with van der Waals surface area (Å²) < 4.78 is 6.15. The van der Waals surface area contributed by atoms with Crippen LogP contribution in [-0.4, -0.2) is 45.5 Å². The van der Waals surface area contributed by atoms with E-state index in [0.29, 0.717) is 18.2 Å². The maximum atomic E-state index is 11.8. The van der Waals surface area contributed by atoms with Gasteiger partial charge in [0.1, 0.15) is 6.10 Å². The molecule has 20 heavy (non-hydrogen) atoms. The van der Waals surface area contributed by atoms with Crippen molar-refractivity contribution >= 4 is 17.7 Å². The number of carbonyl (C=O) groups excluding carboxylic acids is 1. The van der Waals surface area contributed by atoms with Crippen LogP contribution in [-0.2, 0) is 4.79 Å². The Balaban J connectivity index is 1.50. The molecule has 1 atom stereocenters. The molecule has 3 rings (SSSR count). The van der Waals surface area contributed by atoms with E-state index in [-0.39, 0.29) is 10.9 Å². The normalized spacial score (nSPS) is 23.6. The number of hydrogen-bond acceptors (Lipinski definition) is 4. The highest BCUT2D eigenvalue weighted by Gasteiger charge is 2.51. The molecule has 1 unspecified atom stereocenters. The largest absolute Gasteiger partial charge is 0.473 e. The Morgan fingerprint density at radius 1 is 1.55 bits per heavy atom. The molecular formula is C15H20N2O2S. The number of carbonyl (C=O) groups is 1. The first kappa shape index (κ1) is 13.7. The topological polar surface area (TPSA) is 42.4 Å². The molecule has 0 saturated carbocycles. The average molecular weight is 292 g/mol. The van der Waals surface area contributed by atoms with Crippen LogP contribution in [0.5, 0.6) is 5.88 Å². The lowest BCUT2D eigenvalue weighted by molar-refractivity contribution is -0.136. The third-order valence-electron chi connectivity index (χ3n) is 3.87. The van der Waals surface area contributed by atoms with Gasteiger partial charge in [-0.2, -0.15) is 0 Å². The lowest BCUT2D eigenvalue weighted by Crippen LogP contribution is -2.60. The minimum Gasteiger partial charge on any atom is -0.473 e. The molecule has 0 bridgehead atoms. The molecule has 2 aliphatic heterocycles. The van der Waals surface area contributed by atoms with Gasteiger partial charge in [0.2, 0.25) is 11.8 Å². The highest BCUT2D eigenvalue weighted by atomic mass is 32.2. The summed E-state index contributed by atoms with van der Waals surface area (Å²) in [5.41, 5.74) is 0. The van der Waals surface area contributed by atoms with Gasteiger partial charge in [0.15, 0.2) is 0 Å². The zero-order chi connectivity index (χ0) is 14.0. The molecule has 3 heterocycles. The summed E-state index contributed by atoms with van der Waals surface area (Å²) in [6, 6.07) is 5.73. The summed E-state index contributed by atoms with van der Waals surface area (Å²) in [4.78, 5) is 18.0. The van der Waals surface area contributed by atoms with Crippen molar-refractivity contribution in [2.45, 2.75) is 37.0 Å². The average Bonchev–Trinajstić information content (AvgIpc) is 2.83. The predicted molar refractivity (Wildman–Crippen MR) is 79.9 cm³/mol. The summed E-state index contributed by atoms with van der Waals surface area (Å²) in [6.07, 6.45) is 4.60. The Morgan fingerprint density at radius 2 is 2.40 bits per heavy atom. The number of rotatable bonds is 4. The third kappa shape index (κ3) is 2.77. The van der Waals surface area contributed by atoms with Crippen LogP contribution in [0.1, 0.15) is 26.2 Å². The monoisotopic (exact) mass is 292 g/mol. The first-order valence-electron chi connectivity index (χ1n) is 7.20. The second-order valence-electron chi connectivity index (χ2n) is 5.61. The molecule has 0 N–H and O–H groups in total. The minimum absolute atomic E-state index is 0.221. The maximum Gasteiger partial charge on any atom is 0.222 e. The molecule has 108 valence electrons. The van der Waals surface area contributed by atoms with Gasteiger partial charge >= 0.3 is 0 Å². The van der Waals surface area contributed by atoms with Crippen LogP contribution in [0.4, 0.5) is 0 Å². The van der Waals surface area contributed by atoms with E-state index in [9.17, 15) is 4.79 Å². The van der Waals surface area contributed by atoms with Crippen molar-refractivity contribution in [1.29, 1.82) is 0 Å². The van der Waals surface area contributed by atoms with Crippen LogP contribution in [0.2, 0.25) is 0 Å². The second-order valence-corrected chi connectivity index (χ2v) is 7.09. The van der Waals surface area contributed by atoms with Gasteiger partial charge in [-0.15, -0.1) is 11.8 Å². The van der Waals surface area contributed by atoms with E-state index < -0.39 is 0 Å². The van der Waals surface area contributed by atoms with Crippen molar-refractivity contribution in [2.24, 2.45) is 0 Å². The second kappa shape index (κ2) is 5.64. The standard InChI is InChI=1S/C15H20N2O2S/c1-2-5-14(18)17-10-15(11-17)8-12(9-20-15)19-13-6-3-4-7-16-13/h3-4,6-7,12H,2,5,8-11H2,1H3. The Labute approximate surface area is 123 Å². The smallest absolute Gasteiger partial charge is 0.222 e. The third-order valence-corrected chi connectivity index (χ3v) is 5.45. The molecule has 5 heteroatoms. The van der Waals surface area contributed by atoms with E-state index in [0.717, 1.165) is 31.7 Å². The van der Waals surface area contributed by atoms with Crippen LogP contribution < -0.4 is 4.74 Å². The van der Waals surface area contributed by atoms with Crippen LogP contribution >= 0.6 is 11.8 Å². The van der Waals surface area contributed by atoms with Gasteiger partial charge in [-0.1, -0.05) is 13.0 Å². The van der Waals surface area contributed by atoms with Crippen molar-refractivity contribution in [1.82, 2.24) is 9.88 Å².